The van der Waals surface area contributed by atoms with Crippen molar-refractivity contribution in [1.82, 2.24) is 10.1 Å². The topological polar surface area (TPSA) is 96.2 Å². The highest BCUT2D eigenvalue weighted by Gasteiger charge is 2.37. The van der Waals surface area contributed by atoms with Crippen LogP contribution in [0.15, 0.2) is 56.6 Å². The Balaban J connectivity index is 1.94. The summed E-state index contributed by atoms with van der Waals surface area (Å²) in [7, 11) is 0. The van der Waals surface area contributed by atoms with Crippen molar-refractivity contribution in [1.29, 1.82) is 0 Å². The highest BCUT2D eigenvalue weighted by Crippen LogP contribution is 2.41. The Morgan fingerprint density at radius 3 is 2.32 bits per heavy atom. The summed E-state index contributed by atoms with van der Waals surface area (Å²) in [6.07, 6.45) is -4.76. The van der Waals surface area contributed by atoms with Gasteiger partial charge < -0.3 is 5.11 Å². The summed E-state index contributed by atoms with van der Waals surface area (Å²) in [6.45, 7) is 0. The number of fused-ring (bicyclic) bond motifs is 1. The zero-order chi connectivity index (χ0) is 20.1. The second-order valence-electron chi connectivity index (χ2n) is 5.83. The van der Waals surface area contributed by atoms with Gasteiger partial charge in [-0.2, -0.15) is 13.2 Å². The zero-order valence-electron chi connectivity index (χ0n) is 13.7. The van der Waals surface area contributed by atoms with Crippen LogP contribution in [0.2, 0.25) is 0 Å². The smallest absolute Gasteiger partial charge is 0.439 e. The maximum absolute atomic E-state index is 13.6. The highest BCUT2D eigenvalue weighted by atomic mass is 32.1. The van der Waals surface area contributed by atoms with Crippen LogP contribution in [0.4, 0.5) is 13.2 Å². The molecule has 6 nitrogen and oxygen atoms in total. The van der Waals surface area contributed by atoms with Gasteiger partial charge in [0.2, 0.25) is 0 Å². The molecule has 0 aliphatic rings. The standard InChI is InChI=1S/C18H9F3N2O4S/c19-18(20,21)15-13(14(25)11-6-5-10(24)7-12(11)28-15)8-1-3-9(4-2-8)16-22-17(26)27-23-16/h1-7,24H,(H,22,23,26). The van der Waals surface area contributed by atoms with E-state index in [0.717, 1.165) is 6.07 Å². The third-order valence-electron chi connectivity index (χ3n) is 4.02. The van der Waals surface area contributed by atoms with E-state index < -0.39 is 27.8 Å². The van der Waals surface area contributed by atoms with Gasteiger partial charge in [0, 0.05) is 15.6 Å². The van der Waals surface area contributed by atoms with E-state index in [9.17, 15) is 27.9 Å². The lowest BCUT2D eigenvalue weighted by Crippen LogP contribution is -2.14. The minimum atomic E-state index is -4.76. The molecule has 0 saturated heterocycles. The fourth-order valence-corrected chi connectivity index (χ4v) is 3.89. The first-order valence-electron chi connectivity index (χ1n) is 7.78. The average Bonchev–Trinajstić information content (AvgIpc) is 3.07. The number of aromatic nitrogens is 2. The second kappa shape index (κ2) is 6.34. The number of aromatic amines is 1. The van der Waals surface area contributed by atoms with Crippen LogP contribution in [-0.4, -0.2) is 15.2 Å². The van der Waals surface area contributed by atoms with Crippen molar-refractivity contribution >= 4 is 21.4 Å². The molecule has 2 heterocycles. The summed E-state index contributed by atoms with van der Waals surface area (Å²) in [5.41, 5.74) is -0.789. The minimum absolute atomic E-state index is 0.0397. The third-order valence-corrected chi connectivity index (χ3v) is 5.22. The molecule has 142 valence electrons. The van der Waals surface area contributed by atoms with Gasteiger partial charge in [-0.1, -0.05) is 29.4 Å². The third kappa shape index (κ3) is 3.07. The van der Waals surface area contributed by atoms with Gasteiger partial charge in [-0.05, 0) is 23.8 Å². The number of nitrogens with zero attached hydrogens (tertiary/aromatic N) is 1. The molecule has 2 aromatic carbocycles. The van der Waals surface area contributed by atoms with Gasteiger partial charge in [-0.15, -0.1) is 11.3 Å². The summed E-state index contributed by atoms with van der Waals surface area (Å²) in [5, 5.41) is 13.1. The van der Waals surface area contributed by atoms with E-state index in [4.69, 9.17) is 0 Å². The molecule has 10 heteroatoms. The van der Waals surface area contributed by atoms with Crippen molar-refractivity contribution in [2.24, 2.45) is 0 Å². The maximum atomic E-state index is 13.6. The SMILES string of the molecule is O=c1[nH]c(-c2ccc(-c3c(C(F)(F)F)sc4cc(O)ccc4c3=O)cc2)no1. The molecule has 0 bridgehead atoms. The summed E-state index contributed by atoms with van der Waals surface area (Å²) in [6, 6.07) is 9.20. The largest absolute Gasteiger partial charge is 0.508 e. The van der Waals surface area contributed by atoms with Gasteiger partial charge in [0.05, 0.1) is 5.56 Å². The van der Waals surface area contributed by atoms with Crippen molar-refractivity contribution < 1.29 is 22.8 Å². The predicted octanol–water partition coefficient (Wildman–Crippen LogP) is 4.00. The summed E-state index contributed by atoms with van der Waals surface area (Å²) in [5.74, 6) is -0.874. The zero-order valence-corrected chi connectivity index (χ0v) is 14.5. The number of rotatable bonds is 2. The molecular weight excluding hydrogens is 397 g/mol. The number of benzene rings is 2. The predicted molar refractivity (Wildman–Crippen MR) is 96.3 cm³/mol. The van der Waals surface area contributed by atoms with Crippen LogP contribution in [0, 0.1) is 0 Å². The van der Waals surface area contributed by atoms with Crippen molar-refractivity contribution in [2.75, 3.05) is 0 Å². The van der Waals surface area contributed by atoms with Crippen LogP contribution in [0.5, 0.6) is 5.75 Å². The fourth-order valence-electron chi connectivity index (χ4n) is 2.79. The van der Waals surface area contributed by atoms with Gasteiger partial charge in [-0.25, -0.2) is 4.79 Å². The number of hydrogen-bond donors (Lipinski definition) is 2. The van der Waals surface area contributed by atoms with Crippen LogP contribution >= 0.6 is 11.3 Å². The molecule has 4 aromatic rings. The maximum Gasteiger partial charge on any atom is 0.439 e. The number of aromatic hydroxyl groups is 1. The lowest BCUT2D eigenvalue weighted by atomic mass is 10.0. The number of hydrogen-bond acceptors (Lipinski definition) is 6. The summed E-state index contributed by atoms with van der Waals surface area (Å²) < 4.78 is 45.3. The van der Waals surface area contributed by atoms with Crippen LogP contribution < -0.4 is 11.2 Å². The molecule has 4 rings (SSSR count). The molecule has 0 radical (unpaired) electrons. The van der Waals surface area contributed by atoms with Crippen LogP contribution in [0.1, 0.15) is 4.88 Å². The lowest BCUT2D eigenvalue weighted by Gasteiger charge is -2.13. The molecule has 0 unspecified atom stereocenters. The van der Waals surface area contributed by atoms with E-state index in [1.54, 1.807) is 0 Å². The van der Waals surface area contributed by atoms with E-state index >= 15 is 0 Å². The van der Waals surface area contributed by atoms with E-state index in [2.05, 4.69) is 14.7 Å². The molecule has 28 heavy (non-hydrogen) atoms. The van der Waals surface area contributed by atoms with Crippen molar-refractivity contribution in [3.8, 4) is 28.3 Å². The first-order chi connectivity index (χ1) is 13.2. The van der Waals surface area contributed by atoms with E-state index in [0.29, 0.717) is 16.9 Å². The van der Waals surface area contributed by atoms with E-state index in [1.807, 2.05) is 0 Å². The Bertz CT molecular complexity index is 1300. The number of phenols is 1. The normalized spacial score (nSPS) is 11.8. The van der Waals surface area contributed by atoms with Crippen LogP contribution in [-0.2, 0) is 6.18 Å². The number of H-pyrrole nitrogens is 1. The Morgan fingerprint density at radius 2 is 1.71 bits per heavy atom. The van der Waals surface area contributed by atoms with E-state index in [-0.39, 0.29) is 27.2 Å². The Kier molecular flexibility index (Phi) is 4.07. The quantitative estimate of drug-likeness (QED) is 0.525. The molecule has 0 aliphatic carbocycles. The molecule has 0 atom stereocenters. The average molecular weight is 406 g/mol. The van der Waals surface area contributed by atoms with Crippen molar-refractivity contribution in [2.45, 2.75) is 6.18 Å². The Hall–Kier alpha value is -3.40. The first-order valence-corrected chi connectivity index (χ1v) is 8.59. The van der Waals surface area contributed by atoms with Crippen LogP contribution in [0.25, 0.3) is 32.6 Å². The lowest BCUT2D eigenvalue weighted by molar-refractivity contribution is -0.134. The molecule has 2 N–H and O–H groups in total. The van der Waals surface area contributed by atoms with Gasteiger partial charge in [0.1, 0.15) is 10.6 Å². The van der Waals surface area contributed by atoms with Crippen LogP contribution in [0.3, 0.4) is 0 Å². The molecule has 0 saturated carbocycles. The molecular formula is C18H9F3N2O4S. The number of halogens is 3. The van der Waals surface area contributed by atoms with Gasteiger partial charge in [0.25, 0.3) is 0 Å². The number of nitrogens with one attached hydrogen (secondary N) is 1. The molecule has 0 fully saturated rings. The molecule has 0 amide bonds. The Labute approximate surface area is 157 Å². The highest BCUT2D eigenvalue weighted by molar-refractivity contribution is 7.18. The van der Waals surface area contributed by atoms with Gasteiger partial charge in [0.15, 0.2) is 11.3 Å². The fraction of sp³-hybridized carbons (Fsp3) is 0.0556. The number of phenolic OH excluding ortho intramolecular Hbond substituents is 1. The second-order valence-corrected chi connectivity index (χ2v) is 6.89. The molecule has 0 aliphatic heterocycles. The summed E-state index contributed by atoms with van der Waals surface area (Å²) in [4.78, 5) is 25.1. The minimum Gasteiger partial charge on any atom is -0.508 e. The van der Waals surface area contributed by atoms with E-state index in [1.165, 1.54) is 36.4 Å². The van der Waals surface area contributed by atoms with Gasteiger partial charge in [-0.3, -0.25) is 14.3 Å². The Morgan fingerprint density at radius 1 is 1.04 bits per heavy atom. The monoisotopic (exact) mass is 406 g/mol. The van der Waals surface area contributed by atoms with Crippen molar-refractivity contribution in [3.05, 3.63) is 68.1 Å². The summed E-state index contributed by atoms with van der Waals surface area (Å²) >= 11 is 0.388. The number of alkyl halides is 3. The van der Waals surface area contributed by atoms with Crippen molar-refractivity contribution in [3.63, 3.8) is 0 Å². The first kappa shape index (κ1) is 18.0. The van der Waals surface area contributed by atoms with Gasteiger partial charge >= 0.3 is 11.9 Å². The molecule has 2 aromatic heterocycles. The molecule has 0 spiro atoms.